The third-order valence-corrected chi connectivity index (χ3v) is 5.03. The van der Waals surface area contributed by atoms with Gasteiger partial charge in [-0.1, -0.05) is 32.9 Å². The summed E-state index contributed by atoms with van der Waals surface area (Å²) in [6.45, 7) is 8.56. The topological polar surface area (TPSA) is 101 Å². The summed E-state index contributed by atoms with van der Waals surface area (Å²) in [6.07, 6.45) is 1.92. The van der Waals surface area contributed by atoms with Crippen molar-refractivity contribution >= 4 is 17.7 Å². The maximum absolute atomic E-state index is 13.0. The molecule has 158 valence electrons. The van der Waals surface area contributed by atoms with Gasteiger partial charge in [-0.2, -0.15) is 0 Å². The number of hydrogen-bond acceptors (Lipinski definition) is 3. The minimum atomic E-state index is -0.529. The molecule has 3 rings (SSSR count). The molecule has 0 spiro atoms. The third-order valence-electron chi connectivity index (χ3n) is 5.03. The van der Waals surface area contributed by atoms with Crippen LogP contribution in [-0.4, -0.2) is 30.3 Å². The molecule has 0 bridgehead atoms. The van der Waals surface area contributed by atoms with Crippen molar-refractivity contribution in [1.82, 2.24) is 10.6 Å². The van der Waals surface area contributed by atoms with Crippen LogP contribution in [0.25, 0.3) is 11.1 Å². The summed E-state index contributed by atoms with van der Waals surface area (Å²) in [5.41, 5.74) is 8.92. The molecule has 3 amide bonds. The number of amides is 3. The van der Waals surface area contributed by atoms with E-state index in [0.717, 1.165) is 24.0 Å². The first kappa shape index (κ1) is 21.6. The second-order valence-electron chi connectivity index (χ2n) is 9.15. The molecule has 1 saturated carbocycles. The number of benzene rings is 2. The SMILES string of the molecule is Cc1ccc(C(N)=O)cc1-c1ccc(C(=O)NCC(C)(C)C)cc1C(=O)NC1CC1. The van der Waals surface area contributed by atoms with Crippen molar-refractivity contribution in [3.63, 3.8) is 0 Å². The summed E-state index contributed by atoms with van der Waals surface area (Å²) in [7, 11) is 0. The highest BCUT2D eigenvalue weighted by Crippen LogP contribution is 2.30. The Morgan fingerprint density at radius 1 is 0.967 bits per heavy atom. The normalized spacial score (nSPS) is 13.6. The maximum atomic E-state index is 13.0. The largest absolute Gasteiger partial charge is 0.366 e. The fourth-order valence-corrected chi connectivity index (χ4v) is 3.11. The predicted octanol–water partition coefficient (Wildman–Crippen LogP) is 3.43. The number of carbonyl (C=O) groups excluding carboxylic acids is 3. The van der Waals surface area contributed by atoms with Crippen molar-refractivity contribution in [2.75, 3.05) is 6.54 Å². The number of nitrogens with two attached hydrogens (primary N) is 1. The smallest absolute Gasteiger partial charge is 0.252 e. The van der Waals surface area contributed by atoms with Crippen LogP contribution in [0.4, 0.5) is 0 Å². The van der Waals surface area contributed by atoms with Gasteiger partial charge in [0.25, 0.3) is 11.8 Å². The Labute approximate surface area is 177 Å². The summed E-state index contributed by atoms with van der Waals surface area (Å²) >= 11 is 0. The van der Waals surface area contributed by atoms with E-state index >= 15 is 0 Å². The lowest BCUT2D eigenvalue weighted by Gasteiger charge is -2.19. The molecule has 30 heavy (non-hydrogen) atoms. The highest BCUT2D eigenvalue weighted by atomic mass is 16.2. The van der Waals surface area contributed by atoms with Crippen molar-refractivity contribution in [3.05, 3.63) is 58.7 Å². The summed E-state index contributed by atoms with van der Waals surface area (Å²) in [4.78, 5) is 37.3. The molecule has 0 saturated heterocycles. The molecule has 1 fully saturated rings. The second kappa shape index (κ2) is 8.30. The molecule has 1 aliphatic rings. The molecule has 2 aromatic rings. The predicted molar refractivity (Wildman–Crippen MR) is 117 cm³/mol. The minimum absolute atomic E-state index is 0.0475. The molecule has 6 heteroatoms. The van der Waals surface area contributed by atoms with Crippen molar-refractivity contribution in [1.29, 1.82) is 0 Å². The molecule has 6 nitrogen and oxygen atoms in total. The van der Waals surface area contributed by atoms with Gasteiger partial charge >= 0.3 is 0 Å². The van der Waals surface area contributed by atoms with Crippen LogP contribution in [0.3, 0.4) is 0 Å². The van der Waals surface area contributed by atoms with E-state index in [-0.39, 0.29) is 23.3 Å². The molecular weight excluding hydrogens is 378 g/mol. The molecule has 4 N–H and O–H groups in total. The highest BCUT2D eigenvalue weighted by Gasteiger charge is 2.26. The van der Waals surface area contributed by atoms with Gasteiger partial charge < -0.3 is 16.4 Å². The van der Waals surface area contributed by atoms with Gasteiger partial charge in [0.2, 0.25) is 5.91 Å². The van der Waals surface area contributed by atoms with Crippen LogP contribution in [-0.2, 0) is 0 Å². The van der Waals surface area contributed by atoms with Gasteiger partial charge in [0.15, 0.2) is 0 Å². The van der Waals surface area contributed by atoms with Crippen LogP contribution >= 0.6 is 0 Å². The zero-order valence-corrected chi connectivity index (χ0v) is 18.0. The third kappa shape index (κ3) is 5.26. The van der Waals surface area contributed by atoms with Crippen LogP contribution in [0.5, 0.6) is 0 Å². The van der Waals surface area contributed by atoms with Crippen LogP contribution < -0.4 is 16.4 Å². The molecule has 0 aromatic heterocycles. The van der Waals surface area contributed by atoms with Crippen molar-refractivity contribution in [2.24, 2.45) is 11.1 Å². The molecule has 0 unspecified atom stereocenters. The summed E-state index contributed by atoms with van der Waals surface area (Å²) in [6, 6.07) is 10.4. The first-order chi connectivity index (χ1) is 14.0. The number of carbonyl (C=O) groups is 3. The fraction of sp³-hybridized carbons (Fsp3) is 0.375. The van der Waals surface area contributed by atoms with E-state index in [0.29, 0.717) is 28.8 Å². The van der Waals surface area contributed by atoms with Crippen LogP contribution in [0, 0.1) is 12.3 Å². The van der Waals surface area contributed by atoms with E-state index in [4.69, 9.17) is 5.73 Å². The average Bonchev–Trinajstić information content (AvgIpc) is 3.49. The monoisotopic (exact) mass is 407 g/mol. The molecule has 0 atom stereocenters. The number of nitrogens with one attached hydrogen (secondary N) is 2. The van der Waals surface area contributed by atoms with E-state index in [1.54, 1.807) is 30.3 Å². The van der Waals surface area contributed by atoms with Crippen LogP contribution in [0.2, 0.25) is 0 Å². The lowest BCUT2D eigenvalue weighted by Crippen LogP contribution is -2.32. The Balaban J connectivity index is 2.02. The van der Waals surface area contributed by atoms with Gasteiger partial charge in [0.05, 0.1) is 0 Å². The number of hydrogen-bond donors (Lipinski definition) is 3. The fourth-order valence-electron chi connectivity index (χ4n) is 3.11. The van der Waals surface area contributed by atoms with Gasteiger partial charge in [-0.05, 0) is 66.1 Å². The van der Waals surface area contributed by atoms with Crippen molar-refractivity contribution in [3.8, 4) is 11.1 Å². The van der Waals surface area contributed by atoms with E-state index in [9.17, 15) is 14.4 Å². The van der Waals surface area contributed by atoms with Crippen molar-refractivity contribution in [2.45, 2.75) is 46.6 Å². The average molecular weight is 408 g/mol. The van der Waals surface area contributed by atoms with Gasteiger partial charge in [0, 0.05) is 29.3 Å². The van der Waals surface area contributed by atoms with E-state index in [2.05, 4.69) is 10.6 Å². The van der Waals surface area contributed by atoms with Crippen LogP contribution in [0.15, 0.2) is 36.4 Å². The quantitative estimate of drug-likeness (QED) is 0.684. The van der Waals surface area contributed by atoms with E-state index in [1.807, 2.05) is 33.8 Å². The zero-order valence-electron chi connectivity index (χ0n) is 18.0. The number of primary amides is 1. The molecule has 1 aliphatic carbocycles. The lowest BCUT2D eigenvalue weighted by molar-refractivity contribution is 0.0938. The maximum Gasteiger partial charge on any atom is 0.252 e. The van der Waals surface area contributed by atoms with Gasteiger partial charge in [0.1, 0.15) is 0 Å². The Hall–Kier alpha value is -3.15. The summed E-state index contributed by atoms with van der Waals surface area (Å²) < 4.78 is 0. The molecule has 0 aliphatic heterocycles. The Bertz CT molecular complexity index is 1000. The van der Waals surface area contributed by atoms with Crippen molar-refractivity contribution < 1.29 is 14.4 Å². The first-order valence-corrected chi connectivity index (χ1v) is 10.2. The minimum Gasteiger partial charge on any atom is -0.366 e. The van der Waals surface area contributed by atoms with Gasteiger partial charge in [-0.15, -0.1) is 0 Å². The molecule has 0 radical (unpaired) electrons. The van der Waals surface area contributed by atoms with E-state index in [1.165, 1.54) is 0 Å². The summed E-state index contributed by atoms with van der Waals surface area (Å²) in [5, 5.41) is 5.92. The number of aryl methyl sites for hydroxylation is 1. The number of rotatable bonds is 6. The molecule has 2 aromatic carbocycles. The highest BCUT2D eigenvalue weighted by molar-refractivity contribution is 6.05. The Morgan fingerprint density at radius 3 is 2.23 bits per heavy atom. The van der Waals surface area contributed by atoms with Crippen LogP contribution in [0.1, 0.15) is 70.3 Å². The standard InChI is InChI=1S/C24H29N3O3/c1-14-5-6-15(21(25)28)11-19(14)18-10-7-16(22(29)26-13-24(2,3)4)12-20(18)23(30)27-17-8-9-17/h5-7,10-12,17H,8-9,13H2,1-4H3,(H2,25,28)(H,26,29)(H,27,30). The Kier molecular flexibility index (Phi) is 5.97. The Morgan fingerprint density at radius 2 is 1.63 bits per heavy atom. The summed E-state index contributed by atoms with van der Waals surface area (Å²) in [5.74, 6) is -0.972. The second-order valence-corrected chi connectivity index (χ2v) is 9.15. The molecular formula is C24H29N3O3. The van der Waals surface area contributed by atoms with E-state index < -0.39 is 5.91 Å². The first-order valence-electron chi connectivity index (χ1n) is 10.2. The van der Waals surface area contributed by atoms with Gasteiger partial charge in [-0.3, -0.25) is 14.4 Å². The zero-order chi connectivity index (χ0) is 22.1. The van der Waals surface area contributed by atoms with Gasteiger partial charge in [-0.25, -0.2) is 0 Å². The molecule has 0 heterocycles. The lowest BCUT2D eigenvalue weighted by atomic mass is 9.92.